The minimum Gasteiger partial charge on any atom is -0.508 e. The highest BCUT2D eigenvalue weighted by atomic mass is 16.3. The molecule has 0 bridgehead atoms. The third-order valence-electron chi connectivity index (χ3n) is 6.00. The number of H-pyrrole nitrogens is 1. The SMILES string of the molecule is CC12CC1NC(=NCCCN)c1c2[nH]c2c1-c1ccc(O)cc1CC=C2. The molecule has 2 aromatic rings. The molecule has 3 aliphatic rings. The number of hydrogen-bond acceptors (Lipinski definition) is 3. The number of benzene rings is 1. The molecule has 1 fully saturated rings. The summed E-state index contributed by atoms with van der Waals surface area (Å²) in [6.45, 7) is 3.71. The van der Waals surface area contributed by atoms with Crippen molar-refractivity contribution in [2.45, 2.75) is 37.6 Å². The summed E-state index contributed by atoms with van der Waals surface area (Å²) in [4.78, 5) is 8.56. The fraction of sp³-hybridized carbons (Fsp3) is 0.381. The molecule has 26 heavy (non-hydrogen) atoms. The highest BCUT2D eigenvalue weighted by Crippen LogP contribution is 2.54. The largest absolute Gasteiger partial charge is 0.508 e. The molecule has 0 amide bonds. The fourth-order valence-electron chi connectivity index (χ4n) is 4.38. The Morgan fingerprint density at radius 2 is 2.23 bits per heavy atom. The molecule has 2 atom stereocenters. The Morgan fingerprint density at radius 3 is 3.08 bits per heavy atom. The first kappa shape index (κ1) is 15.7. The van der Waals surface area contributed by atoms with Crippen molar-refractivity contribution < 1.29 is 5.11 Å². The van der Waals surface area contributed by atoms with Gasteiger partial charge in [-0.3, -0.25) is 4.99 Å². The molecule has 1 aliphatic heterocycles. The summed E-state index contributed by atoms with van der Waals surface area (Å²) >= 11 is 0. The Balaban J connectivity index is 1.74. The minimum atomic E-state index is 0.152. The van der Waals surface area contributed by atoms with Crippen molar-refractivity contribution in [1.82, 2.24) is 10.3 Å². The van der Waals surface area contributed by atoms with Crippen LogP contribution in [0.1, 0.15) is 42.3 Å². The predicted molar refractivity (Wildman–Crippen MR) is 105 cm³/mol. The van der Waals surface area contributed by atoms with E-state index in [2.05, 4.69) is 29.4 Å². The van der Waals surface area contributed by atoms with E-state index in [9.17, 15) is 5.11 Å². The summed E-state index contributed by atoms with van der Waals surface area (Å²) in [7, 11) is 0. The maximum absolute atomic E-state index is 9.92. The highest BCUT2D eigenvalue weighted by Gasteiger charge is 2.58. The highest BCUT2D eigenvalue weighted by molar-refractivity contribution is 6.10. The summed E-state index contributed by atoms with van der Waals surface area (Å²) in [5.41, 5.74) is 13.0. The van der Waals surface area contributed by atoms with Gasteiger partial charge < -0.3 is 21.1 Å². The summed E-state index contributed by atoms with van der Waals surface area (Å²) in [5, 5.41) is 13.6. The summed E-state index contributed by atoms with van der Waals surface area (Å²) < 4.78 is 0. The van der Waals surface area contributed by atoms with Crippen molar-refractivity contribution in [3.63, 3.8) is 0 Å². The first-order chi connectivity index (χ1) is 12.6. The number of fused-ring (bicyclic) bond motifs is 7. The van der Waals surface area contributed by atoms with Crippen LogP contribution in [-0.2, 0) is 11.8 Å². The van der Waals surface area contributed by atoms with Crippen LogP contribution in [0, 0.1) is 0 Å². The lowest BCUT2D eigenvalue weighted by Crippen LogP contribution is -2.37. The van der Waals surface area contributed by atoms with Gasteiger partial charge in [0, 0.05) is 40.5 Å². The second kappa shape index (κ2) is 5.48. The number of phenols is 1. The lowest BCUT2D eigenvalue weighted by molar-refractivity contribution is 0.475. The molecule has 1 saturated carbocycles. The third kappa shape index (κ3) is 2.16. The second-order valence-corrected chi connectivity index (χ2v) is 7.80. The van der Waals surface area contributed by atoms with Crippen LogP contribution in [0.15, 0.2) is 29.3 Å². The number of nitrogens with zero attached hydrogens (tertiary/aromatic N) is 1. The van der Waals surface area contributed by atoms with Crippen LogP contribution < -0.4 is 11.1 Å². The Morgan fingerprint density at radius 1 is 1.35 bits per heavy atom. The van der Waals surface area contributed by atoms with Gasteiger partial charge >= 0.3 is 0 Å². The lowest BCUT2D eigenvalue weighted by atomic mass is 9.89. The second-order valence-electron chi connectivity index (χ2n) is 7.80. The quantitative estimate of drug-likeness (QED) is 0.643. The Labute approximate surface area is 153 Å². The number of aliphatic imine (C=N–C) groups is 1. The summed E-state index contributed by atoms with van der Waals surface area (Å²) in [6, 6.07) is 6.13. The van der Waals surface area contributed by atoms with E-state index in [1.165, 1.54) is 22.4 Å². The van der Waals surface area contributed by atoms with E-state index >= 15 is 0 Å². The molecule has 134 valence electrons. The number of nitrogens with two attached hydrogens (primary N) is 1. The van der Waals surface area contributed by atoms with Gasteiger partial charge in [-0.2, -0.15) is 0 Å². The molecule has 2 aliphatic carbocycles. The summed E-state index contributed by atoms with van der Waals surface area (Å²) in [6.07, 6.45) is 7.16. The van der Waals surface area contributed by atoms with E-state index in [0.29, 0.717) is 18.3 Å². The van der Waals surface area contributed by atoms with Gasteiger partial charge in [0.1, 0.15) is 11.6 Å². The molecular weight excluding hydrogens is 324 g/mol. The van der Waals surface area contributed by atoms with E-state index in [1.54, 1.807) is 6.07 Å². The molecule has 5 N–H and O–H groups in total. The van der Waals surface area contributed by atoms with Crippen LogP contribution in [0.4, 0.5) is 0 Å². The lowest BCUT2D eigenvalue weighted by Gasteiger charge is -2.23. The van der Waals surface area contributed by atoms with E-state index in [-0.39, 0.29) is 5.41 Å². The van der Waals surface area contributed by atoms with Gasteiger partial charge in [-0.1, -0.05) is 19.1 Å². The van der Waals surface area contributed by atoms with Gasteiger partial charge in [0.15, 0.2) is 0 Å². The van der Waals surface area contributed by atoms with Gasteiger partial charge in [0.2, 0.25) is 0 Å². The van der Waals surface area contributed by atoms with Crippen LogP contribution in [0.25, 0.3) is 17.2 Å². The van der Waals surface area contributed by atoms with Crippen LogP contribution in [0.2, 0.25) is 0 Å². The van der Waals surface area contributed by atoms with E-state index in [0.717, 1.165) is 42.9 Å². The number of nitrogens with one attached hydrogen (secondary N) is 2. The van der Waals surface area contributed by atoms with Crippen molar-refractivity contribution in [1.29, 1.82) is 0 Å². The molecule has 2 heterocycles. The molecule has 5 rings (SSSR count). The van der Waals surface area contributed by atoms with Crippen molar-refractivity contribution in [3.8, 4) is 16.9 Å². The van der Waals surface area contributed by atoms with Crippen LogP contribution >= 0.6 is 0 Å². The molecule has 5 nitrogen and oxygen atoms in total. The number of hydrogen-bond donors (Lipinski definition) is 4. The standard InChI is InChI=1S/C21H24N4O/c1-21-11-16(21)25-20(23-9-3-8-22)18-17-14-7-6-13(26)10-12(14)4-2-5-15(17)24-19(18)21/h2,5-7,10,16,24,26H,3-4,8-9,11,22H2,1H3,(H,23,25). The Kier molecular flexibility index (Phi) is 3.31. The Hall–Kier alpha value is -2.53. The third-order valence-corrected chi connectivity index (χ3v) is 6.00. The summed E-state index contributed by atoms with van der Waals surface area (Å²) in [5.74, 6) is 1.30. The molecule has 1 aromatic carbocycles. The van der Waals surface area contributed by atoms with Gasteiger partial charge in [-0.15, -0.1) is 0 Å². The number of aromatic nitrogens is 1. The molecule has 0 saturated heterocycles. The first-order valence-electron chi connectivity index (χ1n) is 9.38. The van der Waals surface area contributed by atoms with E-state index < -0.39 is 0 Å². The molecule has 1 aromatic heterocycles. The van der Waals surface area contributed by atoms with Crippen molar-refractivity contribution in [2.75, 3.05) is 13.1 Å². The average molecular weight is 348 g/mol. The van der Waals surface area contributed by atoms with Crippen molar-refractivity contribution in [2.24, 2.45) is 10.7 Å². The van der Waals surface area contributed by atoms with Crippen LogP contribution in [0.3, 0.4) is 0 Å². The average Bonchev–Trinajstić information content (AvgIpc) is 3.19. The molecule has 2 unspecified atom stereocenters. The van der Waals surface area contributed by atoms with Gasteiger partial charge in [-0.25, -0.2) is 0 Å². The van der Waals surface area contributed by atoms with Crippen LogP contribution in [0.5, 0.6) is 5.75 Å². The molecular formula is C21H24N4O. The normalized spacial score (nSPS) is 26.4. The van der Waals surface area contributed by atoms with E-state index in [4.69, 9.17) is 10.7 Å². The zero-order valence-corrected chi connectivity index (χ0v) is 15.0. The maximum atomic E-state index is 9.92. The Bertz CT molecular complexity index is 955. The predicted octanol–water partition coefficient (Wildman–Crippen LogP) is 2.69. The number of aromatic amines is 1. The number of aromatic hydroxyl groups is 1. The molecule has 0 radical (unpaired) electrons. The number of phenolic OH excluding ortho intramolecular Hbond substituents is 1. The van der Waals surface area contributed by atoms with Crippen molar-refractivity contribution >= 4 is 11.9 Å². The van der Waals surface area contributed by atoms with Crippen molar-refractivity contribution in [3.05, 3.63) is 46.8 Å². The minimum absolute atomic E-state index is 0.152. The fourth-order valence-corrected chi connectivity index (χ4v) is 4.38. The zero-order chi connectivity index (χ0) is 17.9. The molecule has 0 spiro atoms. The number of allylic oxidation sites excluding steroid dienone is 1. The number of amidine groups is 1. The topological polar surface area (TPSA) is 86.4 Å². The first-order valence-corrected chi connectivity index (χ1v) is 9.38. The van der Waals surface area contributed by atoms with E-state index in [1.807, 2.05) is 12.1 Å². The zero-order valence-electron chi connectivity index (χ0n) is 15.0. The van der Waals surface area contributed by atoms with Crippen LogP contribution in [-0.4, -0.2) is 35.1 Å². The smallest absolute Gasteiger partial charge is 0.131 e. The van der Waals surface area contributed by atoms with Gasteiger partial charge in [0.05, 0.1) is 0 Å². The van der Waals surface area contributed by atoms with Gasteiger partial charge in [-0.05, 0) is 55.1 Å². The number of rotatable bonds is 3. The maximum Gasteiger partial charge on any atom is 0.131 e. The van der Waals surface area contributed by atoms with Gasteiger partial charge in [0.25, 0.3) is 0 Å². The molecule has 5 heteroatoms. The monoisotopic (exact) mass is 348 g/mol.